The number of hydrogen-bond donors (Lipinski definition) is 1. The van der Waals surface area contributed by atoms with E-state index >= 15 is 0 Å². The number of carboxylic acid groups (broad SMARTS) is 1. The van der Waals surface area contributed by atoms with E-state index in [1.165, 1.54) is 6.07 Å². The summed E-state index contributed by atoms with van der Waals surface area (Å²) in [5.41, 5.74) is 1.49. The first-order valence-electron chi connectivity index (χ1n) is 6.21. The third-order valence-corrected chi connectivity index (χ3v) is 4.24. The van der Waals surface area contributed by atoms with E-state index in [2.05, 4.69) is 6.92 Å². The van der Waals surface area contributed by atoms with Gasteiger partial charge in [0, 0.05) is 27.7 Å². The quantitative estimate of drug-likeness (QED) is 0.882. The maximum atomic E-state index is 11.8. The third kappa shape index (κ3) is 3.44. The molecule has 1 atom stereocenters. The summed E-state index contributed by atoms with van der Waals surface area (Å²) >= 11 is 0. The number of rotatable bonds is 6. The second kappa shape index (κ2) is 6.02. The van der Waals surface area contributed by atoms with Crippen molar-refractivity contribution in [2.24, 2.45) is 0 Å². The Balaban J connectivity index is 2.17. The number of unbranched alkanes of at least 4 members (excludes halogenated alkanes) is 1. The van der Waals surface area contributed by atoms with E-state index < -0.39 is 16.8 Å². The van der Waals surface area contributed by atoms with E-state index in [-0.39, 0.29) is 5.76 Å². The summed E-state index contributed by atoms with van der Waals surface area (Å²) in [7, 11) is -0.863. The number of carbonyl (C=O) groups is 1. The second-order valence-electron chi connectivity index (χ2n) is 4.43. The van der Waals surface area contributed by atoms with Crippen molar-refractivity contribution in [3.8, 4) is 0 Å². The highest BCUT2D eigenvalue weighted by atomic mass is 32.2. The van der Waals surface area contributed by atoms with Crippen LogP contribution in [0.3, 0.4) is 0 Å². The van der Waals surface area contributed by atoms with Crippen molar-refractivity contribution < 1.29 is 18.5 Å². The van der Waals surface area contributed by atoms with E-state index in [0.717, 1.165) is 23.8 Å². The highest BCUT2D eigenvalue weighted by Gasteiger charge is 2.11. The van der Waals surface area contributed by atoms with Gasteiger partial charge in [-0.25, -0.2) is 4.79 Å². The van der Waals surface area contributed by atoms with Crippen LogP contribution in [0.2, 0.25) is 0 Å². The summed E-state index contributed by atoms with van der Waals surface area (Å²) in [6.07, 6.45) is 2.00. The van der Waals surface area contributed by atoms with Gasteiger partial charge in [0.2, 0.25) is 5.76 Å². The molecule has 0 aliphatic rings. The number of benzene rings is 1. The molecule has 2 aromatic rings. The van der Waals surface area contributed by atoms with Crippen molar-refractivity contribution in [3.63, 3.8) is 0 Å². The molecule has 0 aliphatic carbocycles. The van der Waals surface area contributed by atoms with Gasteiger partial charge in [-0.1, -0.05) is 19.4 Å². The van der Waals surface area contributed by atoms with Crippen LogP contribution in [-0.2, 0) is 16.6 Å². The SMILES string of the molecule is CCCCS(=O)Cc1ccc2oc(C(=O)O)cc2c1. The molecule has 1 aromatic carbocycles. The molecule has 19 heavy (non-hydrogen) atoms. The van der Waals surface area contributed by atoms with Gasteiger partial charge in [-0.3, -0.25) is 4.21 Å². The van der Waals surface area contributed by atoms with Gasteiger partial charge in [-0.15, -0.1) is 0 Å². The lowest BCUT2D eigenvalue weighted by atomic mass is 10.2. The van der Waals surface area contributed by atoms with Gasteiger partial charge >= 0.3 is 5.97 Å². The van der Waals surface area contributed by atoms with Crippen LogP contribution < -0.4 is 0 Å². The van der Waals surface area contributed by atoms with E-state index in [4.69, 9.17) is 9.52 Å². The van der Waals surface area contributed by atoms with Crippen LogP contribution in [0, 0.1) is 0 Å². The fourth-order valence-corrected chi connectivity index (χ4v) is 3.16. The van der Waals surface area contributed by atoms with Gasteiger partial charge in [0.1, 0.15) is 5.58 Å². The fraction of sp³-hybridized carbons (Fsp3) is 0.357. The number of hydrogen-bond acceptors (Lipinski definition) is 3. The van der Waals surface area contributed by atoms with Gasteiger partial charge in [0.15, 0.2) is 0 Å². The molecule has 1 heterocycles. The molecule has 1 N–H and O–H groups in total. The third-order valence-electron chi connectivity index (χ3n) is 2.84. The monoisotopic (exact) mass is 280 g/mol. The first kappa shape index (κ1) is 13.8. The molecular formula is C14H16O4S. The van der Waals surface area contributed by atoms with Gasteiger partial charge in [0.05, 0.1) is 0 Å². The number of aromatic carboxylic acids is 1. The minimum atomic E-state index is -1.08. The summed E-state index contributed by atoms with van der Waals surface area (Å²) < 4.78 is 17.0. The molecule has 5 heteroatoms. The molecule has 0 saturated heterocycles. The van der Waals surface area contributed by atoms with Gasteiger partial charge in [-0.2, -0.15) is 0 Å². The van der Waals surface area contributed by atoms with Crippen LogP contribution in [0.4, 0.5) is 0 Å². The van der Waals surface area contributed by atoms with Gasteiger partial charge < -0.3 is 9.52 Å². The van der Waals surface area contributed by atoms with Crippen LogP contribution >= 0.6 is 0 Å². The Labute approximate surface area is 113 Å². The minimum Gasteiger partial charge on any atom is -0.475 e. The van der Waals surface area contributed by atoms with Crippen molar-refractivity contribution in [2.75, 3.05) is 5.75 Å². The lowest BCUT2D eigenvalue weighted by Crippen LogP contribution is -2.00. The second-order valence-corrected chi connectivity index (χ2v) is 6.01. The molecule has 0 fully saturated rings. The molecule has 0 saturated carbocycles. The maximum Gasteiger partial charge on any atom is 0.371 e. The molecule has 4 nitrogen and oxygen atoms in total. The zero-order chi connectivity index (χ0) is 13.8. The first-order valence-corrected chi connectivity index (χ1v) is 7.69. The maximum absolute atomic E-state index is 11.8. The number of furan rings is 1. The van der Waals surface area contributed by atoms with Crippen molar-refractivity contribution in [1.82, 2.24) is 0 Å². The summed E-state index contributed by atoms with van der Waals surface area (Å²) in [4.78, 5) is 10.8. The van der Waals surface area contributed by atoms with Crippen molar-refractivity contribution in [3.05, 3.63) is 35.6 Å². The van der Waals surface area contributed by atoms with E-state index in [1.54, 1.807) is 6.07 Å². The van der Waals surface area contributed by atoms with Crippen molar-refractivity contribution >= 4 is 27.7 Å². The van der Waals surface area contributed by atoms with Crippen molar-refractivity contribution in [2.45, 2.75) is 25.5 Å². The molecule has 0 radical (unpaired) electrons. The number of carboxylic acids is 1. The fourth-order valence-electron chi connectivity index (χ4n) is 1.85. The molecule has 0 spiro atoms. The Kier molecular flexibility index (Phi) is 4.37. The van der Waals surface area contributed by atoms with Gasteiger partial charge in [0.25, 0.3) is 0 Å². The standard InChI is InChI=1S/C14H16O4S/c1-2-3-6-19(17)9-10-4-5-12-11(7-10)8-13(18-12)14(15)16/h4-5,7-8H,2-3,6,9H2,1H3,(H,15,16). The first-order chi connectivity index (χ1) is 9.10. The topological polar surface area (TPSA) is 67.5 Å². The average Bonchev–Trinajstić information content (AvgIpc) is 2.79. The lowest BCUT2D eigenvalue weighted by molar-refractivity contribution is 0.0665. The Hall–Kier alpha value is -1.62. The predicted molar refractivity (Wildman–Crippen MR) is 74.8 cm³/mol. The predicted octanol–water partition coefficient (Wildman–Crippen LogP) is 3.18. The Morgan fingerprint density at radius 1 is 1.37 bits per heavy atom. The zero-order valence-electron chi connectivity index (χ0n) is 10.7. The van der Waals surface area contributed by atoms with E-state index in [9.17, 15) is 9.00 Å². The largest absolute Gasteiger partial charge is 0.475 e. The summed E-state index contributed by atoms with van der Waals surface area (Å²) in [6.45, 7) is 2.07. The molecule has 102 valence electrons. The number of fused-ring (bicyclic) bond motifs is 1. The van der Waals surface area contributed by atoms with E-state index in [0.29, 0.717) is 17.1 Å². The Morgan fingerprint density at radius 2 is 2.16 bits per heavy atom. The Bertz CT molecular complexity index is 615. The molecule has 0 aliphatic heterocycles. The molecular weight excluding hydrogens is 264 g/mol. The van der Waals surface area contributed by atoms with E-state index in [1.807, 2.05) is 12.1 Å². The highest BCUT2D eigenvalue weighted by molar-refractivity contribution is 7.84. The van der Waals surface area contributed by atoms with Crippen LogP contribution in [0.5, 0.6) is 0 Å². The summed E-state index contributed by atoms with van der Waals surface area (Å²) in [6, 6.07) is 6.90. The molecule has 2 rings (SSSR count). The summed E-state index contributed by atoms with van der Waals surface area (Å²) in [5, 5.41) is 9.59. The minimum absolute atomic E-state index is 0.0701. The summed E-state index contributed by atoms with van der Waals surface area (Å²) in [5.74, 6) is 0.0626. The zero-order valence-corrected chi connectivity index (χ0v) is 11.5. The molecule has 0 bridgehead atoms. The lowest BCUT2D eigenvalue weighted by Gasteiger charge is -2.01. The average molecular weight is 280 g/mol. The smallest absolute Gasteiger partial charge is 0.371 e. The highest BCUT2D eigenvalue weighted by Crippen LogP contribution is 2.21. The molecule has 1 aromatic heterocycles. The van der Waals surface area contributed by atoms with Crippen LogP contribution in [0.1, 0.15) is 35.9 Å². The van der Waals surface area contributed by atoms with Gasteiger partial charge in [-0.05, 0) is 30.2 Å². The molecule has 0 amide bonds. The van der Waals surface area contributed by atoms with Crippen LogP contribution in [0.25, 0.3) is 11.0 Å². The molecule has 1 unspecified atom stereocenters. The van der Waals surface area contributed by atoms with Crippen LogP contribution in [0.15, 0.2) is 28.7 Å². The van der Waals surface area contributed by atoms with Crippen LogP contribution in [-0.4, -0.2) is 21.0 Å². The van der Waals surface area contributed by atoms with Crippen molar-refractivity contribution in [1.29, 1.82) is 0 Å². The Morgan fingerprint density at radius 3 is 2.84 bits per heavy atom. The normalized spacial score (nSPS) is 12.7.